The maximum atomic E-state index is 12.5. The lowest BCUT2D eigenvalue weighted by Crippen LogP contribution is -2.28. The molecule has 1 aromatic carbocycles. The van der Waals surface area contributed by atoms with Crippen LogP contribution in [0.5, 0.6) is 0 Å². The van der Waals surface area contributed by atoms with Crippen molar-refractivity contribution in [3.8, 4) is 0 Å². The van der Waals surface area contributed by atoms with E-state index < -0.39 is 5.92 Å². The molecule has 2 heterocycles. The zero-order valence-electron chi connectivity index (χ0n) is 14.4. The lowest BCUT2D eigenvalue weighted by atomic mass is 10.1. The van der Waals surface area contributed by atoms with Gasteiger partial charge in [-0.15, -0.1) is 0 Å². The number of carbonyl (C=O) groups excluding carboxylic acids is 3. The normalized spacial score (nSPS) is 16.4. The molecule has 0 aliphatic carbocycles. The third-order valence-electron chi connectivity index (χ3n) is 4.16. The summed E-state index contributed by atoms with van der Waals surface area (Å²) in [7, 11) is 0. The molecule has 1 aliphatic heterocycles. The van der Waals surface area contributed by atoms with Crippen molar-refractivity contribution in [2.24, 2.45) is 5.92 Å². The van der Waals surface area contributed by atoms with Crippen molar-refractivity contribution >= 4 is 29.1 Å². The molecule has 2 aromatic rings. The van der Waals surface area contributed by atoms with Crippen molar-refractivity contribution in [3.05, 3.63) is 54.4 Å². The van der Waals surface area contributed by atoms with Crippen LogP contribution in [0.1, 0.15) is 18.9 Å². The highest BCUT2D eigenvalue weighted by Crippen LogP contribution is 2.22. The molecule has 0 spiro atoms. The fourth-order valence-corrected chi connectivity index (χ4v) is 2.93. The molecule has 1 unspecified atom stereocenters. The van der Waals surface area contributed by atoms with Gasteiger partial charge in [0.05, 0.1) is 5.92 Å². The maximum Gasteiger partial charge on any atom is 0.229 e. The zero-order valence-corrected chi connectivity index (χ0v) is 14.4. The van der Waals surface area contributed by atoms with E-state index in [1.807, 2.05) is 12.1 Å². The second-order valence-electron chi connectivity index (χ2n) is 6.28. The van der Waals surface area contributed by atoms with E-state index in [0.29, 0.717) is 24.5 Å². The van der Waals surface area contributed by atoms with Gasteiger partial charge in [0.2, 0.25) is 17.7 Å². The summed E-state index contributed by atoms with van der Waals surface area (Å²) in [6.07, 6.45) is 3.56. The van der Waals surface area contributed by atoms with Crippen LogP contribution >= 0.6 is 0 Å². The lowest BCUT2D eigenvalue weighted by Gasteiger charge is -2.16. The molecule has 26 heavy (non-hydrogen) atoms. The number of rotatable bonds is 5. The summed E-state index contributed by atoms with van der Waals surface area (Å²) in [6, 6.07) is 10.6. The molecule has 1 saturated heterocycles. The van der Waals surface area contributed by atoms with Crippen molar-refractivity contribution in [1.82, 2.24) is 9.88 Å². The quantitative estimate of drug-likeness (QED) is 0.861. The number of carbonyl (C=O) groups is 3. The molecule has 3 rings (SSSR count). The van der Waals surface area contributed by atoms with Gasteiger partial charge in [0, 0.05) is 50.2 Å². The van der Waals surface area contributed by atoms with Crippen LogP contribution in [0.25, 0.3) is 0 Å². The number of nitrogens with zero attached hydrogens (tertiary/aromatic N) is 2. The van der Waals surface area contributed by atoms with Gasteiger partial charge in [-0.3, -0.25) is 19.4 Å². The highest BCUT2D eigenvalue weighted by Gasteiger charge is 2.34. The summed E-state index contributed by atoms with van der Waals surface area (Å²) in [4.78, 5) is 41.5. The molecule has 1 aliphatic rings. The van der Waals surface area contributed by atoms with Crippen LogP contribution in [0.3, 0.4) is 0 Å². The monoisotopic (exact) mass is 352 g/mol. The van der Waals surface area contributed by atoms with Crippen LogP contribution in [0.2, 0.25) is 0 Å². The van der Waals surface area contributed by atoms with E-state index >= 15 is 0 Å². The molecular weight excluding hydrogens is 332 g/mol. The number of anilines is 2. The van der Waals surface area contributed by atoms with Gasteiger partial charge in [-0.25, -0.2) is 0 Å². The fraction of sp³-hybridized carbons (Fsp3) is 0.263. The summed E-state index contributed by atoms with van der Waals surface area (Å²) >= 11 is 0. The summed E-state index contributed by atoms with van der Waals surface area (Å²) < 4.78 is 0. The van der Waals surface area contributed by atoms with Crippen LogP contribution < -0.4 is 10.6 Å². The number of pyridine rings is 1. The van der Waals surface area contributed by atoms with Crippen molar-refractivity contribution in [2.75, 3.05) is 17.2 Å². The Labute approximate surface area is 151 Å². The first kappa shape index (κ1) is 17.6. The van der Waals surface area contributed by atoms with E-state index in [1.165, 1.54) is 6.92 Å². The van der Waals surface area contributed by atoms with E-state index in [4.69, 9.17) is 0 Å². The average molecular weight is 352 g/mol. The second kappa shape index (κ2) is 7.77. The molecule has 1 fully saturated rings. The maximum absolute atomic E-state index is 12.5. The van der Waals surface area contributed by atoms with E-state index in [1.54, 1.807) is 41.6 Å². The molecular formula is C19H20N4O3. The van der Waals surface area contributed by atoms with Gasteiger partial charge >= 0.3 is 0 Å². The van der Waals surface area contributed by atoms with Crippen LogP contribution in [-0.4, -0.2) is 34.2 Å². The summed E-state index contributed by atoms with van der Waals surface area (Å²) in [5.41, 5.74) is 2.18. The number of hydrogen-bond donors (Lipinski definition) is 2. The largest absolute Gasteiger partial charge is 0.338 e. The van der Waals surface area contributed by atoms with E-state index in [-0.39, 0.29) is 24.1 Å². The lowest BCUT2D eigenvalue weighted by molar-refractivity contribution is -0.128. The van der Waals surface area contributed by atoms with Crippen molar-refractivity contribution in [3.63, 3.8) is 0 Å². The third-order valence-corrected chi connectivity index (χ3v) is 4.16. The second-order valence-corrected chi connectivity index (χ2v) is 6.28. The molecule has 134 valence electrons. The minimum atomic E-state index is -0.395. The standard InChI is InChI=1S/C19H20N4O3/c1-13(24)21-16-3-2-4-17(10-16)22-19(26)15-9-18(25)23(12-15)11-14-5-7-20-8-6-14/h2-8,10,15H,9,11-12H2,1H3,(H,21,24)(H,22,26). The van der Waals surface area contributed by atoms with Gasteiger partial charge in [-0.05, 0) is 35.9 Å². The van der Waals surface area contributed by atoms with Crippen LogP contribution in [-0.2, 0) is 20.9 Å². The number of amides is 3. The summed E-state index contributed by atoms with van der Waals surface area (Å²) in [6.45, 7) is 2.29. The molecule has 1 aromatic heterocycles. The molecule has 7 heteroatoms. The molecule has 0 radical (unpaired) electrons. The van der Waals surface area contributed by atoms with Crippen molar-refractivity contribution in [2.45, 2.75) is 19.9 Å². The van der Waals surface area contributed by atoms with Gasteiger partial charge in [-0.2, -0.15) is 0 Å². The highest BCUT2D eigenvalue weighted by atomic mass is 16.2. The van der Waals surface area contributed by atoms with E-state index in [2.05, 4.69) is 15.6 Å². The molecule has 0 saturated carbocycles. The first-order valence-corrected chi connectivity index (χ1v) is 8.36. The van der Waals surface area contributed by atoms with Crippen LogP contribution in [0, 0.1) is 5.92 Å². The first-order chi connectivity index (χ1) is 12.5. The van der Waals surface area contributed by atoms with Gasteiger partial charge in [0.25, 0.3) is 0 Å². The predicted molar refractivity (Wildman–Crippen MR) is 97.1 cm³/mol. The smallest absolute Gasteiger partial charge is 0.229 e. The van der Waals surface area contributed by atoms with Crippen LogP contribution in [0.4, 0.5) is 11.4 Å². The zero-order chi connectivity index (χ0) is 18.5. The Morgan fingerprint density at radius 3 is 2.54 bits per heavy atom. The Morgan fingerprint density at radius 2 is 1.85 bits per heavy atom. The number of likely N-dealkylation sites (tertiary alicyclic amines) is 1. The van der Waals surface area contributed by atoms with Crippen LogP contribution in [0.15, 0.2) is 48.8 Å². The van der Waals surface area contributed by atoms with E-state index in [9.17, 15) is 14.4 Å². The highest BCUT2D eigenvalue weighted by molar-refractivity contribution is 5.98. The molecule has 0 bridgehead atoms. The average Bonchev–Trinajstić information content (AvgIpc) is 2.96. The number of hydrogen-bond acceptors (Lipinski definition) is 4. The number of benzene rings is 1. The van der Waals surface area contributed by atoms with Crippen molar-refractivity contribution in [1.29, 1.82) is 0 Å². The van der Waals surface area contributed by atoms with Gasteiger partial charge in [0.1, 0.15) is 0 Å². The molecule has 1 atom stereocenters. The Kier molecular flexibility index (Phi) is 5.26. The summed E-state index contributed by atoms with van der Waals surface area (Å²) in [5.74, 6) is -0.806. The number of nitrogens with one attached hydrogen (secondary N) is 2. The Balaban J connectivity index is 1.60. The topological polar surface area (TPSA) is 91.4 Å². The minimum Gasteiger partial charge on any atom is -0.338 e. The SMILES string of the molecule is CC(=O)Nc1cccc(NC(=O)C2CC(=O)N(Cc3ccncc3)C2)c1. The predicted octanol–water partition coefficient (Wildman–Crippen LogP) is 2.03. The van der Waals surface area contributed by atoms with Crippen molar-refractivity contribution < 1.29 is 14.4 Å². The Morgan fingerprint density at radius 1 is 1.15 bits per heavy atom. The summed E-state index contributed by atoms with van der Waals surface area (Å²) in [5, 5.41) is 5.50. The van der Waals surface area contributed by atoms with Gasteiger partial charge in [0.15, 0.2) is 0 Å². The Hall–Kier alpha value is -3.22. The first-order valence-electron chi connectivity index (χ1n) is 8.36. The third kappa shape index (κ3) is 4.44. The fourth-order valence-electron chi connectivity index (χ4n) is 2.93. The molecule has 2 N–H and O–H groups in total. The molecule has 7 nitrogen and oxygen atoms in total. The van der Waals surface area contributed by atoms with Gasteiger partial charge < -0.3 is 15.5 Å². The number of aromatic nitrogens is 1. The molecule has 3 amide bonds. The van der Waals surface area contributed by atoms with Gasteiger partial charge in [-0.1, -0.05) is 6.07 Å². The minimum absolute atomic E-state index is 0.0334. The Bertz CT molecular complexity index is 823. The van der Waals surface area contributed by atoms with E-state index in [0.717, 1.165) is 5.56 Å².